The summed E-state index contributed by atoms with van der Waals surface area (Å²) in [5.74, 6) is 0. The molecule has 2 aromatic carbocycles. The Balaban J connectivity index is 2.18. The topological polar surface area (TPSA) is 12.0 Å². The predicted molar refractivity (Wildman–Crippen MR) is 93.4 cm³/mol. The van der Waals surface area contributed by atoms with Gasteiger partial charge >= 0.3 is 0 Å². The summed E-state index contributed by atoms with van der Waals surface area (Å²) >= 11 is 5.88. The SMILES string of the molecule is CCNC(Cc1cccc(Br)c1)c1ccc(I)cc1. The van der Waals surface area contributed by atoms with Gasteiger partial charge in [0.2, 0.25) is 0 Å². The van der Waals surface area contributed by atoms with E-state index in [1.165, 1.54) is 14.7 Å². The Kier molecular flexibility index (Phi) is 5.85. The highest BCUT2D eigenvalue weighted by Crippen LogP contribution is 2.21. The van der Waals surface area contributed by atoms with Crippen LogP contribution >= 0.6 is 38.5 Å². The van der Waals surface area contributed by atoms with Gasteiger partial charge in [0.05, 0.1) is 0 Å². The number of hydrogen-bond acceptors (Lipinski definition) is 1. The van der Waals surface area contributed by atoms with Crippen molar-refractivity contribution in [3.05, 3.63) is 67.7 Å². The number of hydrogen-bond donors (Lipinski definition) is 1. The van der Waals surface area contributed by atoms with E-state index in [2.05, 4.69) is 99.3 Å². The maximum atomic E-state index is 3.57. The van der Waals surface area contributed by atoms with Crippen LogP contribution in [0.1, 0.15) is 24.1 Å². The summed E-state index contributed by atoms with van der Waals surface area (Å²) < 4.78 is 2.42. The van der Waals surface area contributed by atoms with Crippen molar-refractivity contribution in [2.45, 2.75) is 19.4 Å². The largest absolute Gasteiger partial charge is 0.310 e. The zero-order chi connectivity index (χ0) is 13.7. The van der Waals surface area contributed by atoms with Crippen molar-refractivity contribution in [2.24, 2.45) is 0 Å². The molecule has 0 spiro atoms. The zero-order valence-electron chi connectivity index (χ0n) is 10.9. The highest BCUT2D eigenvalue weighted by Gasteiger charge is 2.11. The van der Waals surface area contributed by atoms with Crippen LogP contribution in [-0.2, 0) is 6.42 Å². The van der Waals surface area contributed by atoms with Gasteiger partial charge < -0.3 is 5.32 Å². The molecule has 19 heavy (non-hydrogen) atoms. The molecule has 0 aliphatic heterocycles. The molecular weight excluding hydrogens is 413 g/mol. The van der Waals surface area contributed by atoms with Crippen molar-refractivity contribution in [1.82, 2.24) is 5.32 Å². The van der Waals surface area contributed by atoms with Crippen LogP contribution in [-0.4, -0.2) is 6.54 Å². The van der Waals surface area contributed by atoms with Crippen molar-refractivity contribution < 1.29 is 0 Å². The first kappa shape index (κ1) is 15.0. The number of halogens is 2. The second-order valence-electron chi connectivity index (χ2n) is 4.50. The van der Waals surface area contributed by atoms with Crippen molar-refractivity contribution in [3.63, 3.8) is 0 Å². The summed E-state index contributed by atoms with van der Waals surface area (Å²) in [7, 11) is 0. The Morgan fingerprint density at radius 1 is 1.16 bits per heavy atom. The maximum absolute atomic E-state index is 3.57. The van der Waals surface area contributed by atoms with Gasteiger partial charge in [-0.25, -0.2) is 0 Å². The van der Waals surface area contributed by atoms with Crippen LogP contribution in [0.15, 0.2) is 53.0 Å². The highest BCUT2D eigenvalue weighted by atomic mass is 127. The van der Waals surface area contributed by atoms with Gasteiger partial charge in [0.1, 0.15) is 0 Å². The maximum Gasteiger partial charge on any atom is 0.0360 e. The van der Waals surface area contributed by atoms with E-state index in [9.17, 15) is 0 Å². The third-order valence-corrected chi connectivity index (χ3v) is 4.26. The van der Waals surface area contributed by atoms with Crippen LogP contribution in [0.3, 0.4) is 0 Å². The Bertz CT molecular complexity index is 525. The van der Waals surface area contributed by atoms with E-state index in [4.69, 9.17) is 0 Å². The molecule has 0 saturated heterocycles. The van der Waals surface area contributed by atoms with Gasteiger partial charge in [-0.15, -0.1) is 0 Å². The molecular formula is C16H17BrIN. The van der Waals surface area contributed by atoms with Crippen molar-refractivity contribution in [3.8, 4) is 0 Å². The second kappa shape index (κ2) is 7.41. The van der Waals surface area contributed by atoms with Gasteiger partial charge in [0, 0.05) is 14.1 Å². The van der Waals surface area contributed by atoms with Gasteiger partial charge in [-0.1, -0.05) is 47.1 Å². The Labute approximate surface area is 137 Å². The zero-order valence-corrected chi connectivity index (χ0v) is 14.6. The van der Waals surface area contributed by atoms with E-state index in [1.54, 1.807) is 0 Å². The first-order valence-corrected chi connectivity index (χ1v) is 8.29. The minimum Gasteiger partial charge on any atom is -0.310 e. The number of benzene rings is 2. The molecule has 0 radical (unpaired) electrons. The third kappa shape index (κ3) is 4.58. The van der Waals surface area contributed by atoms with Crippen LogP contribution < -0.4 is 5.32 Å². The van der Waals surface area contributed by atoms with Gasteiger partial charge in [-0.3, -0.25) is 0 Å². The lowest BCUT2D eigenvalue weighted by atomic mass is 9.99. The molecule has 2 rings (SSSR count). The van der Waals surface area contributed by atoms with Crippen LogP contribution in [0.25, 0.3) is 0 Å². The minimum absolute atomic E-state index is 0.372. The average Bonchev–Trinajstić information content (AvgIpc) is 2.39. The van der Waals surface area contributed by atoms with E-state index in [-0.39, 0.29) is 0 Å². The summed E-state index contributed by atoms with van der Waals surface area (Å²) in [5.41, 5.74) is 2.70. The van der Waals surface area contributed by atoms with Crippen molar-refractivity contribution in [2.75, 3.05) is 6.54 Å². The molecule has 0 bridgehead atoms. The third-order valence-electron chi connectivity index (χ3n) is 3.05. The van der Waals surface area contributed by atoms with E-state index in [0.29, 0.717) is 6.04 Å². The first-order chi connectivity index (χ1) is 9.19. The Morgan fingerprint density at radius 2 is 1.89 bits per heavy atom. The summed E-state index contributed by atoms with van der Waals surface area (Å²) in [5, 5.41) is 3.57. The fraction of sp³-hybridized carbons (Fsp3) is 0.250. The van der Waals surface area contributed by atoms with E-state index < -0.39 is 0 Å². The summed E-state index contributed by atoms with van der Waals surface area (Å²) in [6.07, 6.45) is 1.01. The van der Waals surface area contributed by atoms with E-state index in [0.717, 1.165) is 17.4 Å². The van der Waals surface area contributed by atoms with Crippen molar-refractivity contribution >= 4 is 38.5 Å². The van der Waals surface area contributed by atoms with Crippen LogP contribution in [0.4, 0.5) is 0 Å². The molecule has 0 saturated carbocycles. The lowest BCUT2D eigenvalue weighted by Gasteiger charge is -2.19. The molecule has 0 aliphatic carbocycles. The van der Waals surface area contributed by atoms with Crippen molar-refractivity contribution in [1.29, 1.82) is 0 Å². The molecule has 1 N–H and O–H groups in total. The monoisotopic (exact) mass is 429 g/mol. The molecule has 0 aromatic heterocycles. The fourth-order valence-corrected chi connectivity index (χ4v) is 2.96. The number of likely N-dealkylation sites (N-methyl/N-ethyl adjacent to an activating group) is 1. The molecule has 2 aromatic rings. The standard InChI is InChI=1S/C16H17BrIN/c1-2-19-16(13-6-8-15(18)9-7-13)11-12-4-3-5-14(17)10-12/h3-10,16,19H,2,11H2,1H3. The molecule has 1 nitrogen and oxygen atoms in total. The van der Waals surface area contributed by atoms with Crippen LogP contribution in [0, 0.1) is 3.57 Å². The lowest BCUT2D eigenvalue weighted by Crippen LogP contribution is -2.22. The van der Waals surface area contributed by atoms with Crippen LogP contribution in [0.2, 0.25) is 0 Å². The average molecular weight is 430 g/mol. The molecule has 1 atom stereocenters. The Hall–Kier alpha value is -0.390. The molecule has 0 fully saturated rings. The highest BCUT2D eigenvalue weighted by molar-refractivity contribution is 14.1. The van der Waals surface area contributed by atoms with E-state index >= 15 is 0 Å². The normalized spacial score (nSPS) is 12.4. The van der Waals surface area contributed by atoms with Gasteiger partial charge in [0.15, 0.2) is 0 Å². The summed E-state index contributed by atoms with van der Waals surface area (Å²) in [6.45, 7) is 3.13. The smallest absolute Gasteiger partial charge is 0.0360 e. The van der Waals surface area contributed by atoms with E-state index in [1.807, 2.05) is 0 Å². The van der Waals surface area contributed by atoms with Gasteiger partial charge in [0.25, 0.3) is 0 Å². The fourth-order valence-electron chi connectivity index (χ4n) is 2.15. The molecule has 100 valence electrons. The lowest BCUT2D eigenvalue weighted by molar-refractivity contribution is 0.549. The molecule has 0 amide bonds. The predicted octanol–water partition coefficient (Wildman–Crippen LogP) is 4.95. The van der Waals surface area contributed by atoms with Gasteiger partial charge in [-0.2, -0.15) is 0 Å². The first-order valence-electron chi connectivity index (χ1n) is 6.42. The molecule has 0 aliphatic rings. The minimum atomic E-state index is 0.372. The molecule has 0 heterocycles. The van der Waals surface area contributed by atoms with Gasteiger partial charge in [-0.05, 0) is 70.9 Å². The Morgan fingerprint density at radius 3 is 2.53 bits per heavy atom. The second-order valence-corrected chi connectivity index (χ2v) is 6.66. The number of nitrogens with one attached hydrogen (secondary N) is 1. The number of rotatable bonds is 5. The quantitative estimate of drug-likeness (QED) is 0.663. The van der Waals surface area contributed by atoms with Crippen LogP contribution in [0.5, 0.6) is 0 Å². The summed E-state index contributed by atoms with van der Waals surface area (Å²) in [4.78, 5) is 0. The molecule has 3 heteroatoms. The summed E-state index contributed by atoms with van der Waals surface area (Å²) in [6, 6.07) is 17.7. The molecule has 1 unspecified atom stereocenters.